The lowest BCUT2D eigenvalue weighted by Crippen LogP contribution is -2.09. The third kappa shape index (κ3) is 3.36. The van der Waals surface area contributed by atoms with Crippen LogP contribution in [0.5, 0.6) is 0 Å². The predicted molar refractivity (Wildman–Crippen MR) is 86.2 cm³/mol. The molecular formula is C16H16BrN3O. The molecule has 2 heterocycles. The first-order valence-electron chi connectivity index (χ1n) is 6.79. The minimum atomic E-state index is 0.0927. The molecule has 0 saturated carbocycles. The average Bonchev–Trinajstić information content (AvgIpc) is 3.12. The molecule has 1 atom stereocenters. The summed E-state index contributed by atoms with van der Waals surface area (Å²) in [6.07, 6.45) is 3.75. The van der Waals surface area contributed by atoms with Crippen molar-refractivity contribution in [1.82, 2.24) is 9.78 Å². The molecule has 5 heteroatoms. The Hall–Kier alpha value is -2.01. The van der Waals surface area contributed by atoms with Crippen LogP contribution in [0, 0.1) is 0 Å². The summed E-state index contributed by atoms with van der Waals surface area (Å²) in [6.45, 7) is 2.82. The number of anilines is 1. The van der Waals surface area contributed by atoms with Gasteiger partial charge >= 0.3 is 0 Å². The van der Waals surface area contributed by atoms with Crippen LogP contribution < -0.4 is 5.32 Å². The molecule has 0 aliphatic heterocycles. The van der Waals surface area contributed by atoms with Crippen LogP contribution in [-0.2, 0) is 6.54 Å². The third-order valence-electron chi connectivity index (χ3n) is 3.30. The van der Waals surface area contributed by atoms with Gasteiger partial charge in [0.2, 0.25) is 0 Å². The molecule has 3 rings (SSSR count). The normalized spacial score (nSPS) is 12.3. The molecule has 0 radical (unpaired) electrons. The lowest BCUT2D eigenvalue weighted by molar-refractivity contribution is 0.471. The fraction of sp³-hybridized carbons (Fsp3) is 0.188. The van der Waals surface area contributed by atoms with Gasteiger partial charge in [-0.25, -0.2) is 0 Å². The highest BCUT2D eigenvalue weighted by Gasteiger charge is 2.11. The lowest BCUT2D eigenvalue weighted by Gasteiger charge is -2.16. The SMILES string of the molecule is CC(Nc1ccccc1Cn1cccn1)c1ccc(Br)o1. The summed E-state index contributed by atoms with van der Waals surface area (Å²) in [5, 5.41) is 7.75. The second-order valence-corrected chi connectivity index (χ2v) is 5.65. The number of hydrogen-bond acceptors (Lipinski definition) is 3. The number of halogens is 1. The van der Waals surface area contributed by atoms with E-state index in [4.69, 9.17) is 4.42 Å². The van der Waals surface area contributed by atoms with Crippen molar-refractivity contribution in [3.05, 3.63) is 70.9 Å². The van der Waals surface area contributed by atoms with E-state index < -0.39 is 0 Å². The largest absolute Gasteiger partial charge is 0.452 e. The minimum Gasteiger partial charge on any atom is -0.452 e. The molecule has 2 aromatic heterocycles. The molecule has 1 aromatic carbocycles. The van der Waals surface area contributed by atoms with E-state index in [1.54, 1.807) is 6.20 Å². The fourth-order valence-electron chi connectivity index (χ4n) is 2.23. The van der Waals surface area contributed by atoms with Crippen molar-refractivity contribution in [3.63, 3.8) is 0 Å². The van der Waals surface area contributed by atoms with Crippen LogP contribution in [0.2, 0.25) is 0 Å². The maximum Gasteiger partial charge on any atom is 0.169 e. The van der Waals surface area contributed by atoms with Gasteiger partial charge in [0.25, 0.3) is 0 Å². The number of nitrogens with one attached hydrogen (secondary N) is 1. The maximum absolute atomic E-state index is 5.60. The number of aromatic nitrogens is 2. The molecule has 3 aromatic rings. The highest BCUT2D eigenvalue weighted by atomic mass is 79.9. The molecule has 0 aliphatic carbocycles. The molecule has 1 unspecified atom stereocenters. The Labute approximate surface area is 131 Å². The van der Waals surface area contributed by atoms with Crippen molar-refractivity contribution < 1.29 is 4.42 Å². The van der Waals surface area contributed by atoms with Gasteiger partial charge in [0.05, 0.1) is 12.6 Å². The Morgan fingerprint density at radius 3 is 2.81 bits per heavy atom. The Morgan fingerprint density at radius 1 is 1.24 bits per heavy atom. The van der Waals surface area contributed by atoms with E-state index in [1.165, 1.54) is 5.56 Å². The summed E-state index contributed by atoms with van der Waals surface area (Å²) in [4.78, 5) is 0. The van der Waals surface area contributed by atoms with Crippen LogP contribution in [0.15, 0.2) is 63.9 Å². The zero-order chi connectivity index (χ0) is 14.7. The minimum absolute atomic E-state index is 0.0927. The second kappa shape index (κ2) is 6.18. The van der Waals surface area contributed by atoms with E-state index in [0.717, 1.165) is 22.7 Å². The lowest BCUT2D eigenvalue weighted by atomic mass is 10.1. The van der Waals surface area contributed by atoms with Gasteiger partial charge in [-0.3, -0.25) is 4.68 Å². The Morgan fingerprint density at radius 2 is 2.10 bits per heavy atom. The second-order valence-electron chi connectivity index (χ2n) is 4.87. The van der Waals surface area contributed by atoms with E-state index in [2.05, 4.69) is 45.4 Å². The van der Waals surface area contributed by atoms with Gasteiger partial charge in [0.15, 0.2) is 4.67 Å². The van der Waals surface area contributed by atoms with E-state index in [0.29, 0.717) is 0 Å². The van der Waals surface area contributed by atoms with Crippen molar-refractivity contribution in [1.29, 1.82) is 0 Å². The molecule has 1 N–H and O–H groups in total. The summed E-state index contributed by atoms with van der Waals surface area (Å²) in [5.41, 5.74) is 2.28. The van der Waals surface area contributed by atoms with Crippen LogP contribution in [-0.4, -0.2) is 9.78 Å². The highest BCUT2D eigenvalue weighted by Crippen LogP contribution is 2.25. The first-order chi connectivity index (χ1) is 10.2. The van der Waals surface area contributed by atoms with Crippen molar-refractivity contribution in [3.8, 4) is 0 Å². The smallest absolute Gasteiger partial charge is 0.169 e. The van der Waals surface area contributed by atoms with Gasteiger partial charge in [0, 0.05) is 18.1 Å². The average molecular weight is 346 g/mol. The standard InChI is InChI=1S/C16H16BrN3O/c1-12(15-7-8-16(17)21-15)19-14-6-3-2-5-13(14)11-20-10-4-9-18-20/h2-10,12,19H,11H2,1H3. The summed E-state index contributed by atoms with van der Waals surface area (Å²) < 4.78 is 8.26. The molecular weight excluding hydrogens is 330 g/mol. The van der Waals surface area contributed by atoms with Crippen LogP contribution in [0.4, 0.5) is 5.69 Å². The van der Waals surface area contributed by atoms with Crippen LogP contribution >= 0.6 is 15.9 Å². The van der Waals surface area contributed by atoms with Gasteiger partial charge in [-0.15, -0.1) is 0 Å². The van der Waals surface area contributed by atoms with Crippen molar-refractivity contribution in [2.75, 3.05) is 5.32 Å². The number of benzene rings is 1. The zero-order valence-electron chi connectivity index (χ0n) is 11.7. The van der Waals surface area contributed by atoms with E-state index in [9.17, 15) is 0 Å². The predicted octanol–water partition coefficient (Wildman–Crippen LogP) is 4.46. The van der Waals surface area contributed by atoms with Gasteiger partial charge in [-0.1, -0.05) is 18.2 Å². The van der Waals surface area contributed by atoms with Crippen molar-refractivity contribution in [2.45, 2.75) is 19.5 Å². The topological polar surface area (TPSA) is 43.0 Å². The Kier molecular flexibility index (Phi) is 4.10. The molecule has 0 fully saturated rings. The summed E-state index contributed by atoms with van der Waals surface area (Å²) in [6, 6.07) is 14.1. The number of nitrogens with zero attached hydrogens (tertiary/aromatic N) is 2. The molecule has 108 valence electrons. The molecule has 0 saturated heterocycles. The molecule has 0 amide bonds. The van der Waals surface area contributed by atoms with Crippen LogP contribution in [0.3, 0.4) is 0 Å². The summed E-state index contributed by atoms with van der Waals surface area (Å²) in [7, 11) is 0. The van der Waals surface area contributed by atoms with E-state index in [1.807, 2.05) is 41.2 Å². The fourth-order valence-corrected chi connectivity index (χ4v) is 2.55. The number of rotatable bonds is 5. The Balaban J connectivity index is 1.78. The molecule has 0 spiro atoms. The molecule has 0 bridgehead atoms. The quantitative estimate of drug-likeness (QED) is 0.742. The van der Waals surface area contributed by atoms with E-state index in [-0.39, 0.29) is 6.04 Å². The van der Waals surface area contributed by atoms with Gasteiger partial charge in [0.1, 0.15) is 5.76 Å². The number of furan rings is 1. The van der Waals surface area contributed by atoms with Gasteiger partial charge in [-0.05, 0) is 52.7 Å². The van der Waals surface area contributed by atoms with Crippen LogP contribution in [0.1, 0.15) is 24.3 Å². The summed E-state index contributed by atoms with van der Waals surface area (Å²) >= 11 is 3.33. The first-order valence-corrected chi connectivity index (χ1v) is 7.59. The third-order valence-corrected chi connectivity index (χ3v) is 3.73. The highest BCUT2D eigenvalue weighted by molar-refractivity contribution is 9.10. The van der Waals surface area contributed by atoms with Crippen LogP contribution in [0.25, 0.3) is 0 Å². The summed E-state index contributed by atoms with van der Waals surface area (Å²) in [5.74, 6) is 0.899. The molecule has 0 aliphatic rings. The van der Waals surface area contributed by atoms with Gasteiger partial charge < -0.3 is 9.73 Å². The number of para-hydroxylation sites is 1. The zero-order valence-corrected chi connectivity index (χ0v) is 13.2. The number of hydrogen-bond donors (Lipinski definition) is 1. The van der Waals surface area contributed by atoms with Crippen molar-refractivity contribution >= 4 is 21.6 Å². The monoisotopic (exact) mass is 345 g/mol. The van der Waals surface area contributed by atoms with Crippen molar-refractivity contribution in [2.24, 2.45) is 0 Å². The maximum atomic E-state index is 5.60. The van der Waals surface area contributed by atoms with Gasteiger partial charge in [-0.2, -0.15) is 5.10 Å². The molecule has 21 heavy (non-hydrogen) atoms. The Bertz CT molecular complexity index is 706. The van der Waals surface area contributed by atoms with E-state index >= 15 is 0 Å². The molecule has 4 nitrogen and oxygen atoms in total. The first kappa shape index (κ1) is 13.9.